The number of aromatic nitrogens is 4. The highest BCUT2D eigenvalue weighted by Crippen LogP contribution is 2.36. The minimum Gasteiger partial charge on any atom is -0.338 e. The first-order valence-corrected chi connectivity index (χ1v) is 10.1. The molecule has 0 saturated heterocycles. The second-order valence-corrected chi connectivity index (χ2v) is 7.53. The number of fused-ring (bicyclic) bond motifs is 3. The molecular weight excluding hydrogens is 388 g/mol. The van der Waals surface area contributed by atoms with Crippen molar-refractivity contribution in [2.75, 3.05) is 7.05 Å². The smallest absolute Gasteiger partial charge is 0.278 e. The van der Waals surface area contributed by atoms with Gasteiger partial charge in [-0.15, -0.1) is 0 Å². The van der Waals surface area contributed by atoms with Crippen molar-refractivity contribution in [1.29, 1.82) is 0 Å². The number of aliphatic imine (C=N–C) groups is 1. The van der Waals surface area contributed by atoms with Crippen LogP contribution in [-0.4, -0.2) is 38.8 Å². The molecule has 0 saturated carbocycles. The zero-order valence-electron chi connectivity index (χ0n) is 16.8. The fourth-order valence-corrected chi connectivity index (χ4v) is 4.30. The molecule has 0 bridgehead atoms. The Labute approximate surface area is 177 Å². The number of hydrogen-bond acceptors (Lipinski definition) is 4. The van der Waals surface area contributed by atoms with Crippen LogP contribution in [0.5, 0.6) is 0 Å². The van der Waals surface area contributed by atoms with Crippen molar-refractivity contribution in [2.45, 2.75) is 6.54 Å². The van der Waals surface area contributed by atoms with Crippen molar-refractivity contribution in [3.05, 3.63) is 77.6 Å². The number of hydrogen-bond donors (Lipinski definition) is 2. The van der Waals surface area contributed by atoms with Crippen molar-refractivity contribution in [3.8, 4) is 22.5 Å². The molecule has 1 aliphatic heterocycles. The topological polar surface area (TPSA) is 87.4 Å². The van der Waals surface area contributed by atoms with Crippen molar-refractivity contribution < 1.29 is 4.79 Å². The minimum absolute atomic E-state index is 0.251. The van der Waals surface area contributed by atoms with Gasteiger partial charge in [-0.05, 0) is 42.4 Å². The molecule has 0 atom stereocenters. The molecule has 5 aromatic rings. The number of para-hydroxylation sites is 1. The van der Waals surface area contributed by atoms with Gasteiger partial charge in [-0.25, -0.2) is 14.5 Å². The molecule has 0 aliphatic carbocycles. The first-order chi connectivity index (χ1) is 15.2. The van der Waals surface area contributed by atoms with Gasteiger partial charge in [-0.3, -0.25) is 4.79 Å². The van der Waals surface area contributed by atoms with E-state index in [1.54, 1.807) is 6.21 Å². The van der Waals surface area contributed by atoms with Crippen LogP contribution in [0.2, 0.25) is 0 Å². The second-order valence-electron chi connectivity index (χ2n) is 7.53. The Bertz CT molecular complexity index is 1520. The summed E-state index contributed by atoms with van der Waals surface area (Å²) in [4.78, 5) is 25.1. The summed E-state index contributed by atoms with van der Waals surface area (Å²) in [6, 6.07) is 15.9. The highest BCUT2D eigenvalue weighted by Gasteiger charge is 2.26. The van der Waals surface area contributed by atoms with Gasteiger partial charge in [0.1, 0.15) is 5.82 Å². The van der Waals surface area contributed by atoms with Gasteiger partial charge in [0.25, 0.3) is 5.91 Å². The molecule has 0 fully saturated rings. The zero-order chi connectivity index (χ0) is 20.9. The van der Waals surface area contributed by atoms with Crippen molar-refractivity contribution >= 4 is 28.7 Å². The standard InChI is InChI=1S/C24H18N6O/c1-25-11-14-5-4-6-19-22(14)29-23(28-19)16-9-8-15(18-12-26-24(31)21(16)18)17-13-27-30-10-3-2-7-20(17)30/h2-10,12-13,25H,11H2,1H3,(H,28,29). The summed E-state index contributed by atoms with van der Waals surface area (Å²) in [5, 5.41) is 7.61. The summed E-state index contributed by atoms with van der Waals surface area (Å²) in [5.74, 6) is 0.416. The number of amides is 1. The Balaban J connectivity index is 1.56. The summed E-state index contributed by atoms with van der Waals surface area (Å²) in [6.07, 6.45) is 5.38. The molecular formula is C24H18N6O. The fourth-order valence-electron chi connectivity index (χ4n) is 4.30. The quantitative estimate of drug-likeness (QED) is 0.475. The van der Waals surface area contributed by atoms with E-state index in [9.17, 15) is 4.79 Å². The maximum Gasteiger partial charge on any atom is 0.278 e. The van der Waals surface area contributed by atoms with E-state index in [4.69, 9.17) is 4.98 Å². The number of nitrogens with zero attached hydrogens (tertiary/aromatic N) is 4. The predicted molar refractivity (Wildman–Crippen MR) is 120 cm³/mol. The van der Waals surface area contributed by atoms with Gasteiger partial charge in [-0.2, -0.15) is 5.10 Å². The SMILES string of the molecule is CNCc1cccc2[nH]c(-c3ccc(-c4cnn5ccccc45)c4c3C(=O)N=C4)nc12. The van der Waals surface area contributed by atoms with E-state index in [0.717, 1.165) is 50.9 Å². The van der Waals surface area contributed by atoms with Gasteiger partial charge in [0.15, 0.2) is 0 Å². The molecule has 7 heteroatoms. The average molecular weight is 406 g/mol. The third-order valence-electron chi connectivity index (χ3n) is 5.71. The van der Waals surface area contributed by atoms with E-state index in [2.05, 4.69) is 26.5 Å². The largest absolute Gasteiger partial charge is 0.338 e. The molecule has 0 unspecified atom stereocenters. The van der Waals surface area contributed by atoms with Crippen LogP contribution in [0.3, 0.4) is 0 Å². The number of benzene rings is 2. The lowest BCUT2D eigenvalue weighted by Gasteiger charge is -2.09. The molecule has 0 spiro atoms. The molecule has 150 valence electrons. The Hall–Kier alpha value is -4.10. The summed E-state index contributed by atoms with van der Waals surface area (Å²) in [7, 11) is 1.91. The van der Waals surface area contributed by atoms with Crippen molar-refractivity contribution in [1.82, 2.24) is 24.9 Å². The van der Waals surface area contributed by atoms with E-state index >= 15 is 0 Å². The molecule has 0 radical (unpaired) electrons. The fraction of sp³-hybridized carbons (Fsp3) is 0.0833. The summed E-state index contributed by atoms with van der Waals surface area (Å²) in [6.45, 7) is 0.718. The molecule has 1 amide bonds. The van der Waals surface area contributed by atoms with Crippen LogP contribution in [0.15, 0.2) is 65.9 Å². The maximum atomic E-state index is 12.8. The number of pyridine rings is 1. The molecule has 3 aromatic heterocycles. The van der Waals surface area contributed by atoms with Crippen molar-refractivity contribution in [3.63, 3.8) is 0 Å². The van der Waals surface area contributed by atoms with Gasteiger partial charge in [0.05, 0.1) is 28.3 Å². The van der Waals surface area contributed by atoms with Gasteiger partial charge < -0.3 is 10.3 Å². The van der Waals surface area contributed by atoms with Gasteiger partial charge >= 0.3 is 0 Å². The normalized spacial score (nSPS) is 12.9. The first-order valence-electron chi connectivity index (χ1n) is 10.1. The van der Waals surface area contributed by atoms with Crippen LogP contribution in [0.4, 0.5) is 0 Å². The number of carbonyl (C=O) groups excluding carboxylic acids is 1. The minimum atomic E-state index is -0.251. The molecule has 2 N–H and O–H groups in total. The van der Waals surface area contributed by atoms with Crippen molar-refractivity contribution in [2.24, 2.45) is 4.99 Å². The predicted octanol–water partition coefficient (Wildman–Crippen LogP) is 3.84. The Morgan fingerprint density at radius 3 is 2.84 bits per heavy atom. The van der Waals surface area contributed by atoms with Gasteiger partial charge in [0, 0.05) is 35.6 Å². The van der Waals surface area contributed by atoms with Crippen LogP contribution in [-0.2, 0) is 6.54 Å². The van der Waals surface area contributed by atoms with E-state index in [0.29, 0.717) is 11.4 Å². The second kappa shape index (κ2) is 6.72. The molecule has 4 heterocycles. The first kappa shape index (κ1) is 17.7. The summed E-state index contributed by atoms with van der Waals surface area (Å²) in [5.41, 5.74) is 7.94. The average Bonchev–Trinajstić information content (AvgIpc) is 3.51. The lowest BCUT2D eigenvalue weighted by molar-refractivity contribution is 0.101. The third kappa shape index (κ3) is 2.64. The lowest BCUT2D eigenvalue weighted by atomic mass is 9.93. The Morgan fingerprint density at radius 2 is 1.94 bits per heavy atom. The molecule has 31 heavy (non-hydrogen) atoms. The monoisotopic (exact) mass is 406 g/mol. The number of rotatable bonds is 4. The van der Waals surface area contributed by atoms with E-state index < -0.39 is 0 Å². The molecule has 7 nitrogen and oxygen atoms in total. The Kier molecular flexibility index (Phi) is 3.84. The number of nitrogens with one attached hydrogen (secondary N) is 2. The number of H-pyrrole nitrogens is 1. The Morgan fingerprint density at radius 1 is 1.03 bits per heavy atom. The van der Waals surface area contributed by atoms with Gasteiger partial charge in [0.2, 0.25) is 0 Å². The van der Waals surface area contributed by atoms with Crippen LogP contribution in [0.1, 0.15) is 21.5 Å². The number of carbonyl (C=O) groups is 1. The van der Waals surface area contributed by atoms with E-state index in [1.165, 1.54) is 0 Å². The highest BCUT2D eigenvalue weighted by molar-refractivity contribution is 6.19. The summed E-state index contributed by atoms with van der Waals surface area (Å²) >= 11 is 0. The van der Waals surface area contributed by atoms with Crippen LogP contribution in [0, 0.1) is 0 Å². The highest BCUT2D eigenvalue weighted by atomic mass is 16.1. The number of imidazole rings is 1. The lowest BCUT2D eigenvalue weighted by Crippen LogP contribution is -2.05. The van der Waals surface area contributed by atoms with E-state index in [-0.39, 0.29) is 5.91 Å². The van der Waals surface area contributed by atoms with Crippen LogP contribution >= 0.6 is 0 Å². The summed E-state index contributed by atoms with van der Waals surface area (Å²) < 4.78 is 1.83. The third-order valence-corrected chi connectivity index (χ3v) is 5.71. The van der Waals surface area contributed by atoms with E-state index in [1.807, 2.05) is 66.4 Å². The molecule has 1 aliphatic rings. The van der Waals surface area contributed by atoms with Gasteiger partial charge in [-0.1, -0.05) is 24.3 Å². The van der Waals surface area contributed by atoms with Crippen LogP contribution in [0.25, 0.3) is 39.1 Å². The van der Waals surface area contributed by atoms with Crippen LogP contribution < -0.4 is 5.32 Å². The maximum absolute atomic E-state index is 12.8. The number of aromatic amines is 1. The molecule has 6 rings (SSSR count). The zero-order valence-corrected chi connectivity index (χ0v) is 16.8. The molecule has 2 aromatic carbocycles.